The molecular formula is C18H23N5O. The number of nitrogens with zero attached hydrogens (tertiary/aromatic N) is 4. The van der Waals surface area contributed by atoms with Crippen LogP contribution in [0.1, 0.15) is 61.4 Å². The smallest absolute Gasteiger partial charge is 0.230 e. The topological polar surface area (TPSA) is 74.8 Å². The van der Waals surface area contributed by atoms with Crippen LogP contribution in [0.3, 0.4) is 0 Å². The minimum absolute atomic E-state index is 0.0255. The molecule has 1 aromatic carbocycles. The molecule has 1 heterocycles. The lowest BCUT2D eigenvalue weighted by Gasteiger charge is -2.34. The predicted molar refractivity (Wildman–Crippen MR) is 89.1 cm³/mol. The van der Waals surface area contributed by atoms with E-state index in [4.69, 9.17) is 0 Å². The van der Waals surface area contributed by atoms with E-state index in [0.717, 1.165) is 32.1 Å². The fourth-order valence-electron chi connectivity index (χ4n) is 4.22. The number of tetrazole rings is 1. The van der Waals surface area contributed by atoms with Crippen LogP contribution in [0.15, 0.2) is 24.3 Å². The van der Waals surface area contributed by atoms with E-state index in [2.05, 4.69) is 38.8 Å². The van der Waals surface area contributed by atoms with Crippen molar-refractivity contribution in [1.82, 2.24) is 25.5 Å². The van der Waals surface area contributed by atoms with Crippen molar-refractivity contribution in [3.63, 3.8) is 0 Å². The number of aromatic nitrogens is 4. The second-order valence-electron chi connectivity index (χ2n) is 6.88. The summed E-state index contributed by atoms with van der Waals surface area (Å²) in [6, 6.07) is 8.71. The third-order valence-electron chi connectivity index (χ3n) is 5.42. The van der Waals surface area contributed by atoms with E-state index in [1.807, 2.05) is 11.0 Å². The number of carbonyl (C=O) groups is 1. The van der Waals surface area contributed by atoms with Gasteiger partial charge in [-0.25, -0.2) is 0 Å². The van der Waals surface area contributed by atoms with E-state index in [-0.39, 0.29) is 11.8 Å². The molecule has 0 spiro atoms. The third kappa shape index (κ3) is 2.92. The number of aromatic amines is 1. The zero-order valence-electron chi connectivity index (χ0n) is 13.8. The average Bonchev–Trinajstić information content (AvgIpc) is 3.32. The number of amides is 1. The molecule has 0 radical (unpaired) electrons. The number of aryl methyl sites for hydroxylation is 1. The second-order valence-corrected chi connectivity index (χ2v) is 6.88. The van der Waals surface area contributed by atoms with Gasteiger partial charge in [0.2, 0.25) is 5.91 Å². The van der Waals surface area contributed by atoms with Crippen LogP contribution < -0.4 is 0 Å². The molecule has 1 fully saturated rings. The van der Waals surface area contributed by atoms with Crippen molar-refractivity contribution in [2.24, 2.45) is 0 Å². The Morgan fingerprint density at radius 1 is 1.17 bits per heavy atom. The first kappa shape index (κ1) is 15.3. The summed E-state index contributed by atoms with van der Waals surface area (Å²) in [5.74, 6) is 0.806. The number of hydrogen-bond acceptors (Lipinski definition) is 4. The molecule has 126 valence electrons. The molecule has 2 aliphatic rings. The van der Waals surface area contributed by atoms with Crippen LogP contribution in [-0.4, -0.2) is 37.5 Å². The quantitative estimate of drug-likeness (QED) is 0.937. The Hall–Kier alpha value is -2.24. The monoisotopic (exact) mass is 325 g/mol. The molecule has 6 heteroatoms. The van der Waals surface area contributed by atoms with Gasteiger partial charge in [-0.05, 0) is 43.2 Å². The number of H-pyrrole nitrogens is 1. The normalized spacial score (nSPS) is 20.8. The Kier molecular flexibility index (Phi) is 4.28. The summed E-state index contributed by atoms with van der Waals surface area (Å²) in [4.78, 5) is 15.4. The molecular weight excluding hydrogens is 302 g/mol. The third-order valence-corrected chi connectivity index (χ3v) is 5.42. The molecule has 1 amide bonds. The van der Waals surface area contributed by atoms with E-state index in [1.54, 1.807) is 0 Å². The molecule has 6 nitrogen and oxygen atoms in total. The fourth-order valence-corrected chi connectivity index (χ4v) is 4.22. The minimum atomic E-state index is -0.0255. The first-order valence-corrected chi connectivity index (χ1v) is 8.93. The van der Waals surface area contributed by atoms with Gasteiger partial charge in [0, 0.05) is 6.04 Å². The zero-order chi connectivity index (χ0) is 16.4. The number of rotatable bonds is 4. The number of carbonyl (C=O) groups excluding carboxylic acids is 1. The molecule has 0 bridgehead atoms. The van der Waals surface area contributed by atoms with Crippen molar-refractivity contribution in [3.05, 3.63) is 41.2 Å². The van der Waals surface area contributed by atoms with Crippen molar-refractivity contribution in [2.45, 2.75) is 63.5 Å². The molecule has 4 rings (SSSR count). The molecule has 1 aromatic heterocycles. The predicted octanol–water partition coefficient (Wildman–Crippen LogP) is 2.59. The van der Waals surface area contributed by atoms with Crippen molar-refractivity contribution in [2.75, 3.05) is 0 Å². The Bertz CT molecular complexity index is 693. The lowest BCUT2D eigenvalue weighted by Crippen LogP contribution is -2.42. The van der Waals surface area contributed by atoms with Gasteiger partial charge in [-0.3, -0.25) is 4.79 Å². The Morgan fingerprint density at radius 2 is 2.00 bits per heavy atom. The van der Waals surface area contributed by atoms with Crippen molar-refractivity contribution >= 4 is 5.91 Å². The van der Waals surface area contributed by atoms with Gasteiger partial charge in [-0.2, -0.15) is 5.21 Å². The van der Waals surface area contributed by atoms with Gasteiger partial charge >= 0.3 is 0 Å². The molecule has 24 heavy (non-hydrogen) atoms. The first-order chi connectivity index (χ1) is 11.8. The Balaban J connectivity index is 1.61. The maximum absolute atomic E-state index is 13.4. The van der Waals surface area contributed by atoms with E-state index >= 15 is 0 Å². The average molecular weight is 325 g/mol. The van der Waals surface area contributed by atoms with Gasteiger partial charge in [0.25, 0.3) is 0 Å². The summed E-state index contributed by atoms with van der Waals surface area (Å²) >= 11 is 0. The molecule has 1 atom stereocenters. The maximum atomic E-state index is 13.4. The fraction of sp³-hybridized carbons (Fsp3) is 0.556. The summed E-state index contributed by atoms with van der Waals surface area (Å²) in [6.45, 7) is 0.457. The van der Waals surface area contributed by atoms with Gasteiger partial charge in [-0.15, -0.1) is 10.2 Å². The van der Waals surface area contributed by atoms with Crippen molar-refractivity contribution in [3.8, 4) is 0 Å². The summed E-state index contributed by atoms with van der Waals surface area (Å²) in [5.41, 5.74) is 2.54. The highest BCUT2D eigenvalue weighted by Gasteiger charge is 2.34. The number of benzene rings is 1. The molecule has 1 saturated carbocycles. The SMILES string of the molecule is O=C(C1CCCc2ccccc21)N(Cc1nn[nH]n1)C1CCCC1. The van der Waals surface area contributed by atoms with Crippen LogP contribution in [0.5, 0.6) is 0 Å². The molecule has 1 unspecified atom stereocenters. The highest BCUT2D eigenvalue weighted by molar-refractivity contribution is 5.84. The molecule has 2 aliphatic carbocycles. The zero-order valence-corrected chi connectivity index (χ0v) is 13.8. The van der Waals surface area contributed by atoms with E-state index < -0.39 is 0 Å². The standard InChI is InChI=1S/C18H23N5O/c24-18(16-11-5-7-13-6-1-4-10-15(13)16)23(14-8-2-3-9-14)12-17-19-21-22-20-17/h1,4,6,10,14,16H,2-3,5,7-9,11-12H2,(H,19,20,21,22). The maximum Gasteiger partial charge on any atom is 0.230 e. The molecule has 0 aliphatic heterocycles. The summed E-state index contributed by atoms with van der Waals surface area (Å²) < 4.78 is 0. The minimum Gasteiger partial charge on any atom is -0.331 e. The van der Waals surface area contributed by atoms with E-state index in [1.165, 1.54) is 24.0 Å². The largest absolute Gasteiger partial charge is 0.331 e. The first-order valence-electron chi connectivity index (χ1n) is 8.93. The molecule has 2 aromatic rings. The van der Waals surface area contributed by atoms with Gasteiger partial charge < -0.3 is 4.90 Å². The van der Waals surface area contributed by atoms with Gasteiger partial charge in [0.1, 0.15) is 0 Å². The van der Waals surface area contributed by atoms with Crippen molar-refractivity contribution in [1.29, 1.82) is 0 Å². The number of fused-ring (bicyclic) bond motifs is 1. The highest BCUT2D eigenvalue weighted by atomic mass is 16.2. The van der Waals surface area contributed by atoms with Crippen LogP contribution >= 0.6 is 0 Å². The van der Waals surface area contributed by atoms with Gasteiger partial charge in [0.05, 0.1) is 12.5 Å². The van der Waals surface area contributed by atoms with Crippen LogP contribution in [0.4, 0.5) is 0 Å². The highest BCUT2D eigenvalue weighted by Crippen LogP contribution is 2.35. The van der Waals surface area contributed by atoms with Gasteiger partial charge in [0.15, 0.2) is 5.82 Å². The molecule has 0 saturated heterocycles. The lowest BCUT2D eigenvalue weighted by atomic mass is 9.82. The summed E-state index contributed by atoms with van der Waals surface area (Å²) in [6.07, 6.45) is 7.65. The number of hydrogen-bond donors (Lipinski definition) is 1. The Morgan fingerprint density at radius 3 is 2.79 bits per heavy atom. The second kappa shape index (κ2) is 6.71. The summed E-state index contributed by atoms with van der Waals surface area (Å²) in [5, 5.41) is 14.2. The van der Waals surface area contributed by atoms with E-state index in [9.17, 15) is 4.79 Å². The van der Waals surface area contributed by atoms with E-state index in [0.29, 0.717) is 18.4 Å². The summed E-state index contributed by atoms with van der Waals surface area (Å²) in [7, 11) is 0. The van der Waals surface area contributed by atoms with Crippen LogP contribution in [-0.2, 0) is 17.8 Å². The van der Waals surface area contributed by atoms with Gasteiger partial charge in [-0.1, -0.05) is 42.3 Å². The molecule has 1 N–H and O–H groups in total. The number of nitrogens with one attached hydrogen (secondary N) is 1. The van der Waals surface area contributed by atoms with Crippen LogP contribution in [0.2, 0.25) is 0 Å². The van der Waals surface area contributed by atoms with Crippen molar-refractivity contribution < 1.29 is 4.79 Å². The Labute approximate surface area is 141 Å². The lowest BCUT2D eigenvalue weighted by molar-refractivity contribution is -0.136. The van der Waals surface area contributed by atoms with Crippen LogP contribution in [0.25, 0.3) is 0 Å². The van der Waals surface area contributed by atoms with Crippen LogP contribution in [0, 0.1) is 0 Å².